The number of hydrogen-bond donors (Lipinski definition) is 1. The van der Waals surface area contributed by atoms with Crippen molar-refractivity contribution in [1.82, 2.24) is 9.55 Å². The van der Waals surface area contributed by atoms with Gasteiger partial charge in [0, 0.05) is 0 Å². The molecule has 3 rings (SSSR count). The second-order valence-corrected chi connectivity index (χ2v) is 4.99. The van der Waals surface area contributed by atoms with E-state index in [0.717, 1.165) is 0 Å². The summed E-state index contributed by atoms with van der Waals surface area (Å²) in [6, 6.07) is 9.50. The van der Waals surface area contributed by atoms with Gasteiger partial charge in [-0.3, -0.25) is 4.57 Å². The van der Waals surface area contributed by atoms with Gasteiger partial charge in [-0.25, -0.2) is 8.78 Å². The maximum atomic E-state index is 14.3. The van der Waals surface area contributed by atoms with Crippen molar-refractivity contribution >= 4 is 23.3 Å². The number of para-hydroxylation sites is 1. The van der Waals surface area contributed by atoms with Crippen molar-refractivity contribution < 1.29 is 8.78 Å². The van der Waals surface area contributed by atoms with Crippen LogP contribution in [0, 0.1) is 34.7 Å². The SMILES string of the molecule is Cc1ccc(F)c(-n2c(=S)[nH]c3c(C#N)cccc32)c1F. The second-order valence-electron chi connectivity index (χ2n) is 4.60. The average molecular weight is 301 g/mol. The van der Waals surface area contributed by atoms with Gasteiger partial charge in [0.15, 0.2) is 10.6 Å². The van der Waals surface area contributed by atoms with Crippen molar-refractivity contribution in [3.05, 3.63) is 57.9 Å². The third-order valence-corrected chi connectivity index (χ3v) is 3.61. The minimum absolute atomic E-state index is 0.135. The molecule has 0 aliphatic rings. The van der Waals surface area contributed by atoms with E-state index in [4.69, 9.17) is 17.5 Å². The summed E-state index contributed by atoms with van der Waals surface area (Å²) >= 11 is 5.17. The van der Waals surface area contributed by atoms with Gasteiger partial charge in [0.1, 0.15) is 17.6 Å². The molecule has 0 spiro atoms. The molecule has 0 bridgehead atoms. The number of aromatic amines is 1. The number of rotatable bonds is 1. The monoisotopic (exact) mass is 301 g/mol. The lowest BCUT2D eigenvalue weighted by atomic mass is 10.1. The Bertz CT molecular complexity index is 963. The highest BCUT2D eigenvalue weighted by atomic mass is 32.1. The van der Waals surface area contributed by atoms with E-state index in [-0.39, 0.29) is 10.5 Å². The van der Waals surface area contributed by atoms with E-state index in [1.165, 1.54) is 16.7 Å². The Balaban J connectivity index is 2.49. The first kappa shape index (κ1) is 13.5. The lowest BCUT2D eigenvalue weighted by molar-refractivity contribution is 0.564. The number of nitrogens with zero attached hydrogens (tertiary/aromatic N) is 2. The number of imidazole rings is 1. The molecule has 0 radical (unpaired) electrons. The van der Waals surface area contributed by atoms with Crippen LogP contribution in [0.25, 0.3) is 16.7 Å². The van der Waals surface area contributed by atoms with Gasteiger partial charge in [-0.1, -0.05) is 12.1 Å². The Morgan fingerprint density at radius 1 is 1.24 bits per heavy atom. The Morgan fingerprint density at radius 2 is 2.00 bits per heavy atom. The van der Waals surface area contributed by atoms with Crippen molar-refractivity contribution in [2.75, 3.05) is 0 Å². The van der Waals surface area contributed by atoms with E-state index in [9.17, 15) is 8.78 Å². The summed E-state index contributed by atoms with van der Waals surface area (Å²) in [7, 11) is 0. The largest absolute Gasteiger partial charge is 0.329 e. The predicted molar refractivity (Wildman–Crippen MR) is 77.8 cm³/mol. The lowest BCUT2D eigenvalue weighted by Gasteiger charge is -2.09. The molecule has 0 aliphatic carbocycles. The number of aromatic nitrogens is 2. The van der Waals surface area contributed by atoms with Gasteiger partial charge in [0.2, 0.25) is 0 Å². The molecule has 0 fully saturated rings. The van der Waals surface area contributed by atoms with Crippen LogP contribution < -0.4 is 0 Å². The number of nitriles is 1. The Labute approximate surface area is 124 Å². The van der Waals surface area contributed by atoms with E-state index >= 15 is 0 Å². The second kappa shape index (κ2) is 4.79. The molecule has 0 amide bonds. The van der Waals surface area contributed by atoms with Gasteiger partial charge in [-0.05, 0) is 42.9 Å². The normalized spacial score (nSPS) is 10.8. The summed E-state index contributed by atoms with van der Waals surface area (Å²) in [5, 5.41) is 9.10. The Kier molecular flexibility index (Phi) is 3.07. The third-order valence-electron chi connectivity index (χ3n) is 3.32. The van der Waals surface area contributed by atoms with E-state index < -0.39 is 11.6 Å². The summed E-state index contributed by atoms with van der Waals surface area (Å²) in [5.41, 5.74) is 1.37. The molecular formula is C15H9F2N3S. The summed E-state index contributed by atoms with van der Waals surface area (Å²) in [5.74, 6) is -1.38. The number of H-pyrrole nitrogens is 1. The highest BCUT2D eigenvalue weighted by Gasteiger charge is 2.18. The van der Waals surface area contributed by atoms with Crippen LogP contribution in [0.5, 0.6) is 0 Å². The Morgan fingerprint density at radius 3 is 2.71 bits per heavy atom. The quantitative estimate of drug-likeness (QED) is 0.686. The van der Waals surface area contributed by atoms with E-state index in [1.807, 2.05) is 6.07 Å². The molecule has 6 heteroatoms. The first-order chi connectivity index (χ1) is 10.0. The van der Waals surface area contributed by atoms with E-state index in [1.54, 1.807) is 25.1 Å². The van der Waals surface area contributed by atoms with Crippen LogP contribution in [-0.4, -0.2) is 9.55 Å². The van der Waals surface area contributed by atoms with E-state index in [2.05, 4.69) is 4.98 Å². The minimum atomic E-state index is -0.711. The average Bonchev–Trinajstić information content (AvgIpc) is 2.80. The standard InChI is InChI=1S/C15H9F2N3S/c1-8-5-6-10(16)14(12(8)17)20-11-4-2-3-9(7-18)13(11)19-15(20)21/h2-6H,1H3,(H,19,21). The fraction of sp³-hybridized carbons (Fsp3) is 0.0667. The number of nitrogens with one attached hydrogen (secondary N) is 1. The van der Waals surface area contributed by atoms with Crippen molar-refractivity contribution in [3.63, 3.8) is 0 Å². The molecule has 0 atom stereocenters. The lowest BCUT2D eigenvalue weighted by Crippen LogP contribution is -2.03. The predicted octanol–water partition coefficient (Wildman–Crippen LogP) is 4.15. The van der Waals surface area contributed by atoms with E-state index in [0.29, 0.717) is 22.2 Å². The van der Waals surface area contributed by atoms with Gasteiger partial charge in [-0.2, -0.15) is 5.26 Å². The maximum Gasteiger partial charge on any atom is 0.182 e. The molecule has 1 N–H and O–H groups in total. The highest BCUT2D eigenvalue weighted by Crippen LogP contribution is 2.27. The molecule has 2 aromatic carbocycles. The molecule has 0 saturated carbocycles. The molecule has 1 aromatic heterocycles. The molecule has 0 unspecified atom stereocenters. The van der Waals surface area contributed by atoms with Crippen LogP contribution in [0.3, 0.4) is 0 Å². The number of fused-ring (bicyclic) bond motifs is 1. The van der Waals surface area contributed by atoms with Crippen molar-refractivity contribution in [2.24, 2.45) is 0 Å². The molecule has 3 nitrogen and oxygen atoms in total. The van der Waals surface area contributed by atoms with Crippen LogP contribution in [0.4, 0.5) is 8.78 Å². The Hall–Kier alpha value is -2.52. The van der Waals surface area contributed by atoms with Crippen LogP contribution in [0.1, 0.15) is 11.1 Å². The molecule has 1 heterocycles. The van der Waals surface area contributed by atoms with Crippen LogP contribution >= 0.6 is 12.2 Å². The first-order valence-electron chi connectivity index (χ1n) is 6.13. The minimum Gasteiger partial charge on any atom is -0.329 e. The van der Waals surface area contributed by atoms with Gasteiger partial charge >= 0.3 is 0 Å². The van der Waals surface area contributed by atoms with Crippen LogP contribution in [-0.2, 0) is 0 Å². The smallest absolute Gasteiger partial charge is 0.182 e. The number of halogens is 2. The van der Waals surface area contributed by atoms with Crippen LogP contribution in [0.2, 0.25) is 0 Å². The zero-order valence-corrected chi connectivity index (χ0v) is 11.8. The third kappa shape index (κ3) is 1.94. The topological polar surface area (TPSA) is 44.5 Å². The highest BCUT2D eigenvalue weighted by molar-refractivity contribution is 7.71. The molecular weight excluding hydrogens is 292 g/mol. The van der Waals surface area contributed by atoms with Crippen molar-refractivity contribution in [3.8, 4) is 11.8 Å². The number of aryl methyl sites for hydroxylation is 1. The van der Waals surface area contributed by atoms with Gasteiger partial charge in [-0.15, -0.1) is 0 Å². The summed E-state index contributed by atoms with van der Waals surface area (Å²) in [6.45, 7) is 1.55. The van der Waals surface area contributed by atoms with Gasteiger partial charge < -0.3 is 4.98 Å². The summed E-state index contributed by atoms with van der Waals surface area (Å²) < 4.78 is 29.8. The van der Waals surface area contributed by atoms with Crippen molar-refractivity contribution in [2.45, 2.75) is 6.92 Å². The summed E-state index contributed by atoms with van der Waals surface area (Å²) in [6.07, 6.45) is 0. The zero-order chi connectivity index (χ0) is 15.1. The molecule has 3 aromatic rings. The fourth-order valence-electron chi connectivity index (χ4n) is 2.29. The first-order valence-corrected chi connectivity index (χ1v) is 6.54. The summed E-state index contributed by atoms with van der Waals surface area (Å²) in [4.78, 5) is 2.84. The molecule has 0 saturated heterocycles. The molecule has 104 valence electrons. The van der Waals surface area contributed by atoms with Gasteiger partial charge in [0.25, 0.3) is 0 Å². The molecule has 0 aliphatic heterocycles. The number of hydrogen-bond acceptors (Lipinski definition) is 2. The van der Waals surface area contributed by atoms with Gasteiger partial charge in [0.05, 0.1) is 16.6 Å². The zero-order valence-electron chi connectivity index (χ0n) is 10.9. The maximum absolute atomic E-state index is 14.3. The van der Waals surface area contributed by atoms with Crippen LogP contribution in [0.15, 0.2) is 30.3 Å². The fourth-order valence-corrected chi connectivity index (χ4v) is 2.58. The molecule has 21 heavy (non-hydrogen) atoms. The number of benzene rings is 2. The van der Waals surface area contributed by atoms with Crippen molar-refractivity contribution in [1.29, 1.82) is 5.26 Å².